The molecule has 5 nitrogen and oxygen atoms in total. The minimum atomic E-state index is -0.289. The molecule has 0 saturated carbocycles. The van der Waals surface area contributed by atoms with Crippen LogP contribution in [0.5, 0.6) is 5.75 Å². The van der Waals surface area contributed by atoms with Crippen LogP contribution in [0, 0.1) is 13.8 Å². The van der Waals surface area contributed by atoms with Gasteiger partial charge in [0.1, 0.15) is 5.75 Å². The molecule has 5 heteroatoms. The number of anilines is 2. The quantitative estimate of drug-likeness (QED) is 0.907. The zero-order valence-electron chi connectivity index (χ0n) is 13.7. The molecule has 120 valence electrons. The van der Waals surface area contributed by atoms with Crippen molar-refractivity contribution in [2.24, 2.45) is 0 Å². The van der Waals surface area contributed by atoms with Gasteiger partial charge < -0.3 is 15.4 Å². The molecule has 2 aromatic rings. The molecule has 0 saturated heterocycles. The first-order chi connectivity index (χ1) is 10.9. The van der Waals surface area contributed by atoms with E-state index in [1.54, 1.807) is 18.2 Å². The second kappa shape index (κ2) is 6.96. The average Bonchev–Trinajstić information content (AvgIpc) is 2.51. The van der Waals surface area contributed by atoms with Gasteiger partial charge in [0.25, 0.3) is 5.91 Å². The van der Waals surface area contributed by atoms with Crippen LogP contribution in [0.3, 0.4) is 0 Å². The topological polar surface area (TPSA) is 67.4 Å². The predicted octanol–water partition coefficient (Wildman–Crippen LogP) is 3.52. The maximum atomic E-state index is 12.6. The Hall–Kier alpha value is -2.82. The van der Waals surface area contributed by atoms with E-state index in [9.17, 15) is 9.59 Å². The highest BCUT2D eigenvalue weighted by molar-refractivity contribution is 6.07. The van der Waals surface area contributed by atoms with E-state index in [0.717, 1.165) is 16.8 Å². The molecule has 0 atom stereocenters. The fourth-order valence-corrected chi connectivity index (χ4v) is 2.24. The Labute approximate surface area is 135 Å². The Morgan fingerprint density at radius 2 is 1.78 bits per heavy atom. The largest absolute Gasteiger partial charge is 0.496 e. The fourth-order valence-electron chi connectivity index (χ4n) is 2.24. The first-order valence-corrected chi connectivity index (χ1v) is 7.25. The van der Waals surface area contributed by atoms with Crippen LogP contribution in [0.2, 0.25) is 0 Å². The Morgan fingerprint density at radius 1 is 1.04 bits per heavy atom. The van der Waals surface area contributed by atoms with Gasteiger partial charge in [0.05, 0.1) is 12.7 Å². The van der Waals surface area contributed by atoms with E-state index >= 15 is 0 Å². The summed E-state index contributed by atoms with van der Waals surface area (Å²) in [5.41, 5.74) is 3.77. The van der Waals surface area contributed by atoms with Crippen molar-refractivity contribution in [1.82, 2.24) is 0 Å². The van der Waals surface area contributed by atoms with E-state index in [1.165, 1.54) is 14.0 Å². The number of carbonyl (C=O) groups excluding carboxylic acids is 2. The molecule has 23 heavy (non-hydrogen) atoms. The van der Waals surface area contributed by atoms with Crippen molar-refractivity contribution in [3.8, 4) is 5.75 Å². The Kier molecular flexibility index (Phi) is 5.01. The van der Waals surface area contributed by atoms with Crippen molar-refractivity contribution in [2.45, 2.75) is 20.8 Å². The summed E-state index contributed by atoms with van der Waals surface area (Å²) in [5, 5.41) is 5.55. The molecule has 0 aliphatic rings. The van der Waals surface area contributed by atoms with Gasteiger partial charge in [-0.05, 0) is 49.2 Å². The first-order valence-electron chi connectivity index (χ1n) is 7.25. The van der Waals surface area contributed by atoms with Gasteiger partial charge in [-0.1, -0.05) is 12.1 Å². The van der Waals surface area contributed by atoms with Gasteiger partial charge >= 0.3 is 0 Å². The molecule has 0 radical (unpaired) electrons. The number of nitrogens with one attached hydrogen (secondary N) is 2. The summed E-state index contributed by atoms with van der Waals surface area (Å²) in [5.74, 6) is -0.0410. The zero-order chi connectivity index (χ0) is 17.0. The summed E-state index contributed by atoms with van der Waals surface area (Å²) in [6.07, 6.45) is 0. The number of ether oxygens (including phenoxy) is 1. The van der Waals surface area contributed by atoms with Crippen molar-refractivity contribution < 1.29 is 14.3 Å². The van der Waals surface area contributed by atoms with E-state index in [-0.39, 0.29) is 11.8 Å². The summed E-state index contributed by atoms with van der Waals surface area (Å²) < 4.78 is 5.24. The van der Waals surface area contributed by atoms with Crippen LogP contribution >= 0.6 is 0 Å². The number of amides is 2. The van der Waals surface area contributed by atoms with Crippen molar-refractivity contribution in [2.75, 3.05) is 17.7 Å². The third-order valence-corrected chi connectivity index (χ3v) is 3.62. The second-order valence-corrected chi connectivity index (χ2v) is 5.30. The molecular formula is C18H20N2O3. The summed E-state index contributed by atoms with van der Waals surface area (Å²) in [6.45, 7) is 5.36. The molecule has 0 unspecified atom stereocenters. The van der Waals surface area contributed by atoms with Gasteiger partial charge in [-0.15, -0.1) is 0 Å². The lowest BCUT2D eigenvalue weighted by Gasteiger charge is -2.13. The monoisotopic (exact) mass is 312 g/mol. The molecule has 0 spiro atoms. The average molecular weight is 312 g/mol. The first kappa shape index (κ1) is 16.5. The number of methoxy groups -OCH3 is 1. The van der Waals surface area contributed by atoms with Crippen molar-refractivity contribution in [1.29, 1.82) is 0 Å². The Bertz CT molecular complexity index is 754. The van der Waals surface area contributed by atoms with Crippen LogP contribution in [0.4, 0.5) is 11.4 Å². The number of aryl methyl sites for hydroxylation is 1. The number of hydrogen-bond acceptors (Lipinski definition) is 3. The fraction of sp³-hybridized carbons (Fsp3) is 0.222. The van der Waals surface area contributed by atoms with Gasteiger partial charge in [-0.3, -0.25) is 9.59 Å². The minimum absolute atomic E-state index is 0.198. The van der Waals surface area contributed by atoms with E-state index in [0.29, 0.717) is 17.0 Å². The smallest absolute Gasteiger partial charge is 0.259 e. The van der Waals surface area contributed by atoms with Crippen LogP contribution < -0.4 is 15.4 Å². The number of carbonyl (C=O) groups is 2. The van der Waals surface area contributed by atoms with Crippen molar-refractivity contribution in [3.63, 3.8) is 0 Å². The molecule has 0 aromatic heterocycles. The third-order valence-electron chi connectivity index (χ3n) is 3.62. The summed E-state index contributed by atoms with van der Waals surface area (Å²) in [7, 11) is 1.50. The molecule has 2 aromatic carbocycles. The number of hydrogen-bond donors (Lipinski definition) is 2. The molecule has 0 heterocycles. The second-order valence-electron chi connectivity index (χ2n) is 5.30. The minimum Gasteiger partial charge on any atom is -0.496 e. The molecule has 0 aliphatic carbocycles. The maximum Gasteiger partial charge on any atom is 0.259 e. The molecule has 2 rings (SSSR count). The lowest BCUT2D eigenvalue weighted by atomic mass is 10.1. The van der Waals surface area contributed by atoms with Crippen LogP contribution in [0.25, 0.3) is 0 Å². The molecule has 2 N–H and O–H groups in total. The van der Waals surface area contributed by atoms with E-state index < -0.39 is 0 Å². The van der Waals surface area contributed by atoms with Crippen LogP contribution in [0.15, 0.2) is 36.4 Å². The number of rotatable bonds is 4. The molecule has 2 amide bonds. The van der Waals surface area contributed by atoms with Crippen molar-refractivity contribution >= 4 is 23.2 Å². The molecule has 0 bridgehead atoms. The highest BCUT2D eigenvalue weighted by Crippen LogP contribution is 2.25. The van der Waals surface area contributed by atoms with Gasteiger partial charge in [0.2, 0.25) is 5.91 Å². The highest BCUT2D eigenvalue weighted by Gasteiger charge is 2.15. The van der Waals surface area contributed by atoms with Crippen LogP contribution in [0.1, 0.15) is 28.4 Å². The SMILES string of the molecule is COc1ccc(NC(C)=O)cc1C(=O)Nc1cccc(C)c1C. The van der Waals surface area contributed by atoms with Crippen LogP contribution in [-0.4, -0.2) is 18.9 Å². The molecule has 0 fully saturated rings. The van der Waals surface area contributed by atoms with Gasteiger partial charge in [0.15, 0.2) is 0 Å². The normalized spacial score (nSPS) is 10.1. The lowest BCUT2D eigenvalue weighted by molar-refractivity contribution is -0.114. The van der Waals surface area contributed by atoms with Gasteiger partial charge in [0, 0.05) is 18.3 Å². The Morgan fingerprint density at radius 3 is 2.43 bits per heavy atom. The summed E-state index contributed by atoms with van der Waals surface area (Å²) in [4.78, 5) is 23.8. The van der Waals surface area contributed by atoms with Crippen LogP contribution in [-0.2, 0) is 4.79 Å². The molecule has 0 aliphatic heterocycles. The highest BCUT2D eigenvalue weighted by atomic mass is 16.5. The zero-order valence-corrected chi connectivity index (χ0v) is 13.7. The Balaban J connectivity index is 2.33. The van der Waals surface area contributed by atoms with Gasteiger partial charge in [-0.2, -0.15) is 0 Å². The predicted molar refractivity (Wildman–Crippen MR) is 91.2 cm³/mol. The summed E-state index contributed by atoms with van der Waals surface area (Å²) in [6, 6.07) is 10.7. The lowest BCUT2D eigenvalue weighted by Crippen LogP contribution is -2.15. The van der Waals surface area contributed by atoms with Crippen molar-refractivity contribution in [3.05, 3.63) is 53.1 Å². The molecular weight excluding hydrogens is 292 g/mol. The summed E-state index contributed by atoms with van der Waals surface area (Å²) >= 11 is 0. The number of benzene rings is 2. The third kappa shape index (κ3) is 3.88. The van der Waals surface area contributed by atoms with E-state index in [1.807, 2.05) is 32.0 Å². The van der Waals surface area contributed by atoms with Gasteiger partial charge in [-0.25, -0.2) is 0 Å². The standard InChI is InChI=1S/C18H20N2O3/c1-11-6-5-7-16(12(11)2)20-18(22)15-10-14(19-13(3)21)8-9-17(15)23-4/h5-10H,1-4H3,(H,19,21)(H,20,22). The van der Waals surface area contributed by atoms with E-state index in [2.05, 4.69) is 10.6 Å². The van der Waals surface area contributed by atoms with E-state index in [4.69, 9.17) is 4.74 Å². The maximum absolute atomic E-state index is 12.6.